The van der Waals surface area contributed by atoms with Crippen molar-refractivity contribution < 1.29 is 0 Å². The molecule has 3 unspecified atom stereocenters. The van der Waals surface area contributed by atoms with Crippen LogP contribution in [-0.2, 0) is 6.42 Å². The maximum Gasteiger partial charge on any atom is 0.0299 e. The molecular weight excluding hydrogens is 234 g/mol. The standard InChI is InChI=1S/C16H27N3/c1-12-8-13(2)10-15(9-12)16(19-17)6-5-14-4-3-7-18-11-14/h3-4,7,11-13,15-16,19H,5-6,8-10,17H2,1-2H3. The smallest absolute Gasteiger partial charge is 0.0299 e. The third kappa shape index (κ3) is 4.29. The molecule has 0 saturated heterocycles. The van der Waals surface area contributed by atoms with E-state index in [0.29, 0.717) is 6.04 Å². The third-order valence-electron chi connectivity index (χ3n) is 4.46. The van der Waals surface area contributed by atoms with Crippen LogP contribution < -0.4 is 11.3 Å². The molecule has 1 saturated carbocycles. The zero-order valence-electron chi connectivity index (χ0n) is 12.2. The van der Waals surface area contributed by atoms with Crippen molar-refractivity contribution in [3.8, 4) is 0 Å². The second-order valence-corrected chi connectivity index (χ2v) is 6.35. The number of hydrogen-bond donors (Lipinski definition) is 2. The highest BCUT2D eigenvalue weighted by molar-refractivity contribution is 5.08. The van der Waals surface area contributed by atoms with Crippen molar-refractivity contribution in [1.82, 2.24) is 10.4 Å². The molecule has 0 aromatic carbocycles. The van der Waals surface area contributed by atoms with E-state index in [9.17, 15) is 0 Å². The molecule has 1 aromatic rings. The number of rotatable bonds is 5. The van der Waals surface area contributed by atoms with Crippen LogP contribution in [0.2, 0.25) is 0 Å². The van der Waals surface area contributed by atoms with Gasteiger partial charge in [0.15, 0.2) is 0 Å². The number of pyridine rings is 1. The van der Waals surface area contributed by atoms with Crippen molar-refractivity contribution in [3.05, 3.63) is 30.1 Å². The van der Waals surface area contributed by atoms with Crippen molar-refractivity contribution in [3.63, 3.8) is 0 Å². The molecule has 1 aromatic heterocycles. The topological polar surface area (TPSA) is 50.9 Å². The van der Waals surface area contributed by atoms with Crippen molar-refractivity contribution in [2.24, 2.45) is 23.6 Å². The Kier molecular flexibility index (Phi) is 5.34. The molecular formula is C16H27N3. The van der Waals surface area contributed by atoms with E-state index in [-0.39, 0.29) is 0 Å². The van der Waals surface area contributed by atoms with Gasteiger partial charge in [0.05, 0.1) is 0 Å². The maximum atomic E-state index is 5.79. The minimum atomic E-state index is 0.436. The van der Waals surface area contributed by atoms with E-state index >= 15 is 0 Å². The molecule has 3 N–H and O–H groups in total. The lowest BCUT2D eigenvalue weighted by Crippen LogP contribution is -2.43. The van der Waals surface area contributed by atoms with Gasteiger partial charge in [-0.1, -0.05) is 19.9 Å². The Labute approximate surface area is 117 Å². The van der Waals surface area contributed by atoms with Gasteiger partial charge in [-0.05, 0) is 61.5 Å². The molecule has 0 bridgehead atoms. The van der Waals surface area contributed by atoms with Crippen LogP contribution in [0.5, 0.6) is 0 Å². The Balaban J connectivity index is 1.89. The summed E-state index contributed by atoms with van der Waals surface area (Å²) in [5.74, 6) is 8.19. The quantitative estimate of drug-likeness (QED) is 0.633. The zero-order valence-corrected chi connectivity index (χ0v) is 12.2. The second-order valence-electron chi connectivity index (χ2n) is 6.35. The molecule has 1 aliphatic rings. The summed E-state index contributed by atoms with van der Waals surface area (Å²) >= 11 is 0. The van der Waals surface area contributed by atoms with Crippen molar-refractivity contribution >= 4 is 0 Å². The zero-order chi connectivity index (χ0) is 13.7. The molecule has 3 nitrogen and oxygen atoms in total. The van der Waals surface area contributed by atoms with Gasteiger partial charge in [0, 0.05) is 18.4 Å². The predicted molar refractivity (Wildman–Crippen MR) is 79.3 cm³/mol. The van der Waals surface area contributed by atoms with E-state index in [2.05, 4.69) is 30.3 Å². The lowest BCUT2D eigenvalue weighted by Gasteiger charge is -2.36. The fourth-order valence-corrected chi connectivity index (χ4v) is 3.66. The predicted octanol–water partition coefficient (Wildman–Crippen LogP) is 2.92. The van der Waals surface area contributed by atoms with E-state index in [1.807, 2.05) is 18.5 Å². The Bertz CT molecular complexity index is 356. The van der Waals surface area contributed by atoms with Gasteiger partial charge in [0.2, 0.25) is 0 Å². The molecule has 1 aliphatic carbocycles. The highest BCUT2D eigenvalue weighted by Gasteiger charge is 2.29. The Hall–Kier alpha value is -0.930. The number of aryl methyl sites for hydroxylation is 1. The maximum absolute atomic E-state index is 5.79. The van der Waals surface area contributed by atoms with Crippen LogP contribution in [0.25, 0.3) is 0 Å². The van der Waals surface area contributed by atoms with Crippen molar-refractivity contribution in [2.45, 2.75) is 52.0 Å². The summed E-state index contributed by atoms with van der Waals surface area (Å²) in [5.41, 5.74) is 4.37. The molecule has 2 rings (SSSR count). The lowest BCUT2D eigenvalue weighted by molar-refractivity contribution is 0.171. The van der Waals surface area contributed by atoms with Gasteiger partial charge < -0.3 is 0 Å². The monoisotopic (exact) mass is 261 g/mol. The number of nitrogens with one attached hydrogen (secondary N) is 1. The molecule has 0 radical (unpaired) electrons. The summed E-state index contributed by atoms with van der Waals surface area (Å²) in [7, 11) is 0. The number of nitrogens with zero attached hydrogens (tertiary/aromatic N) is 1. The van der Waals surface area contributed by atoms with E-state index in [1.165, 1.54) is 24.8 Å². The van der Waals surface area contributed by atoms with E-state index in [0.717, 1.165) is 30.6 Å². The Morgan fingerprint density at radius 1 is 1.32 bits per heavy atom. The molecule has 1 fully saturated rings. The minimum absolute atomic E-state index is 0.436. The fourth-order valence-electron chi connectivity index (χ4n) is 3.66. The minimum Gasteiger partial charge on any atom is -0.271 e. The first-order chi connectivity index (χ1) is 9.19. The van der Waals surface area contributed by atoms with Crippen LogP contribution in [0, 0.1) is 17.8 Å². The van der Waals surface area contributed by atoms with Crippen LogP contribution >= 0.6 is 0 Å². The number of hydrogen-bond acceptors (Lipinski definition) is 3. The molecule has 0 amide bonds. The fraction of sp³-hybridized carbons (Fsp3) is 0.688. The highest BCUT2D eigenvalue weighted by Crippen LogP contribution is 2.35. The molecule has 106 valence electrons. The van der Waals surface area contributed by atoms with E-state index < -0.39 is 0 Å². The van der Waals surface area contributed by atoms with Crippen LogP contribution in [0.3, 0.4) is 0 Å². The normalized spacial score (nSPS) is 29.1. The molecule has 0 spiro atoms. The molecule has 0 aliphatic heterocycles. The average Bonchev–Trinajstić information content (AvgIpc) is 2.39. The van der Waals surface area contributed by atoms with Gasteiger partial charge in [-0.2, -0.15) is 0 Å². The van der Waals surface area contributed by atoms with Gasteiger partial charge in [0.25, 0.3) is 0 Å². The molecule has 19 heavy (non-hydrogen) atoms. The molecule has 3 atom stereocenters. The summed E-state index contributed by atoms with van der Waals surface area (Å²) < 4.78 is 0. The number of nitrogens with two attached hydrogens (primary N) is 1. The van der Waals surface area contributed by atoms with Crippen LogP contribution in [-0.4, -0.2) is 11.0 Å². The Morgan fingerprint density at radius 3 is 2.63 bits per heavy atom. The Morgan fingerprint density at radius 2 is 2.05 bits per heavy atom. The van der Waals surface area contributed by atoms with Crippen LogP contribution in [0.4, 0.5) is 0 Å². The SMILES string of the molecule is CC1CC(C)CC(C(CCc2cccnc2)NN)C1. The summed E-state index contributed by atoms with van der Waals surface area (Å²) in [6, 6.07) is 4.59. The van der Waals surface area contributed by atoms with Gasteiger partial charge in [-0.25, -0.2) is 0 Å². The summed E-state index contributed by atoms with van der Waals surface area (Å²) in [6.45, 7) is 4.74. The van der Waals surface area contributed by atoms with Gasteiger partial charge in [-0.3, -0.25) is 16.3 Å². The largest absolute Gasteiger partial charge is 0.271 e. The van der Waals surface area contributed by atoms with Crippen molar-refractivity contribution in [1.29, 1.82) is 0 Å². The lowest BCUT2D eigenvalue weighted by atomic mass is 9.73. The summed E-state index contributed by atoms with van der Waals surface area (Å²) in [5, 5.41) is 0. The van der Waals surface area contributed by atoms with Gasteiger partial charge in [0.1, 0.15) is 0 Å². The number of hydrazine groups is 1. The van der Waals surface area contributed by atoms with E-state index in [4.69, 9.17) is 5.84 Å². The van der Waals surface area contributed by atoms with Gasteiger partial charge >= 0.3 is 0 Å². The molecule has 1 heterocycles. The van der Waals surface area contributed by atoms with Crippen LogP contribution in [0.15, 0.2) is 24.5 Å². The second kappa shape index (κ2) is 7.01. The third-order valence-corrected chi connectivity index (χ3v) is 4.46. The van der Waals surface area contributed by atoms with Gasteiger partial charge in [-0.15, -0.1) is 0 Å². The summed E-state index contributed by atoms with van der Waals surface area (Å²) in [6.07, 6.45) is 9.94. The first-order valence-electron chi connectivity index (χ1n) is 7.54. The number of aromatic nitrogens is 1. The first kappa shape index (κ1) is 14.5. The first-order valence-corrected chi connectivity index (χ1v) is 7.54. The highest BCUT2D eigenvalue weighted by atomic mass is 15.2. The van der Waals surface area contributed by atoms with E-state index in [1.54, 1.807) is 0 Å². The van der Waals surface area contributed by atoms with Crippen LogP contribution in [0.1, 0.15) is 45.1 Å². The summed E-state index contributed by atoms with van der Waals surface area (Å²) in [4.78, 5) is 4.17. The van der Waals surface area contributed by atoms with Crippen molar-refractivity contribution in [2.75, 3.05) is 0 Å². The molecule has 3 heteroatoms. The average molecular weight is 261 g/mol.